The van der Waals surface area contributed by atoms with E-state index in [4.69, 9.17) is 5.73 Å². The van der Waals surface area contributed by atoms with Crippen molar-refractivity contribution in [1.29, 1.82) is 0 Å². The van der Waals surface area contributed by atoms with Crippen molar-refractivity contribution in [1.82, 2.24) is 9.97 Å². The van der Waals surface area contributed by atoms with E-state index >= 15 is 0 Å². The van der Waals surface area contributed by atoms with Crippen LogP contribution in [0.15, 0.2) is 48.8 Å². The van der Waals surface area contributed by atoms with Crippen LogP contribution in [0.1, 0.15) is 16.7 Å². The first-order valence-corrected chi connectivity index (χ1v) is 6.66. The second-order valence-electron chi connectivity index (χ2n) is 4.88. The molecule has 3 aromatic rings. The highest BCUT2D eigenvalue weighted by Gasteiger charge is 2.12. The lowest BCUT2D eigenvalue weighted by molar-refractivity contribution is -0.112. The van der Waals surface area contributed by atoms with Crippen LogP contribution < -0.4 is 5.73 Å². The summed E-state index contributed by atoms with van der Waals surface area (Å²) in [5.41, 5.74) is 9.62. The van der Waals surface area contributed by atoms with Crippen LogP contribution in [-0.4, -0.2) is 15.9 Å². The second kappa shape index (κ2) is 5.25. The molecule has 1 amide bonds. The molecule has 0 unspecified atom stereocenters. The van der Waals surface area contributed by atoms with Crippen LogP contribution in [0.5, 0.6) is 0 Å². The van der Waals surface area contributed by atoms with Gasteiger partial charge in [0.05, 0.1) is 0 Å². The van der Waals surface area contributed by atoms with Gasteiger partial charge < -0.3 is 10.7 Å². The molecule has 0 spiro atoms. The number of fused-ring (bicyclic) bond motifs is 1. The molecule has 3 rings (SSSR count). The third-order valence-corrected chi connectivity index (χ3v) is 3.48. The molecule has 0 saturated heterocycles. The van der Waals surface area contributed by atoms with Gasteiger partial charge in [-0.2, -0.15) is 0 Å². The molecular formula is C17H15N3O. The summed E-state index contributed by atoms with van der Waals surface area (Å²) >= 11 is 0. The number of primary amides is 1. The zero-order valence-corrected chi connectivity index (χ0v) is 11.6. The minimum atomic E-state index is -0.442. The van der Waals surface area contributed by atoms with E-state index in [9.17, 15) is 4.79 Å². The number of nitrogens with one attached hydrogen (secondary N) is 1. The summed E-state index contributed by atoms with van der Waals surface area (Å²) in [6, 6.07) is 11.5. The number of carbonyl (C=O) groups excluding carboxylic acids is 1. The van der Waals surface area contributed by atoms with E-state index in [1.165, 1.54) is 0 Å². The number of aromatic amines is 1. The van der Waals surface area contributed by atoms with E-state index in [2.05, 4.69) is 9.97 Å². The number of H-pyrrole nitrogens is 1. The highest BCUT2D eigenvalue weighted by molar-refractivity contribution is 6.24. The topological polar surface area (TPSA) is 71.8 Å². The molecule has 0 fully saturated rings. The van der Waals surface area contributed by atoms with Crippen molar-refractivity contribution in [3.63, 3.8) is 0 Å². The number of aryl methyl sites for hydroxylation is 1. The minimum Gasteiger partial charge on any atom is -0.366 e. The van der Waals surface area contributed by atoms with Crippen molar-refractivity contribution in [2.24, 2.45) is 5.73 Å². The third-order valence-electron chi connectivity index (χ3n) is 3.48. The number of aromatic nitrogens is 2. The van der Waals surface area contributed by atoms with Gasteiger partial charge in [-0.1, -0.05) is 24.3 Å². The Morgan fingerprint density at radius 3 is 2.81 bits per heavy atom. The number of nitrogens with zero attached hydrogens (tertiary/aromatic N) is 1. The number of nitrogens with two attached hydrogens (primary N) is 1. The molecule has 4 heteroatoms. The molecule has 2 aromatic heterocycles. The molecule has 3 N–H and O–H groups in total. The molecular weight excluding hydrogens is 262 g/mol. The standard InChI is InChI=1S/C17H15N3O/c1-11-5-2-3-6-13(11)15(16(18)21)9-12-10-20-17-14(12)7-4-8-19-17/h2-10H,1H3,(H2,18,21)(H,19,20). The lowest BCUT2D eigenvalue weighted by Crippen LogP contribution is -2.13. The fourth-order valence-corrected chi connectivity index (χ4v) is 2.41. The molecule has 0 aliphatic heterocycles. The normalized spacial score (nSPS) is 11.8. The first kappa shape index (κ1) is 13.1. The van der Waals surface area contributed by atoms with Gasteiger partial charge in [0, 0.05) is 28.9 Å². The van der Waals surface area contributed by atoms with Crippen molar-refractivity contribution in [3.8, 4) is 0 Å². The van der Waals surface area contributed by atoms with Crippen LogP contribution in [-0.2, 0) is 4.79 Å². The molecule has 104 valence electrons. The van der Waals surface area contributed by atoms with E-state index in [-0.39, 0.29) is 0 Å². The van der Waals surface area contributed by atoms with Gasteiger partial charge in [0.1, 0.15) is 5.65 Å². The van der Waals surface area contributed by atoms with E-state index in [0.29, 0.717) is 5.57 Å². The van der Waals surface area contributed by atoms with E-state index in [1.54, 1.807) is 6.20 Å². The number of rotatable bonds is 3. The van der Waals surface area contributed by atoms with Crippen molar-refractivity contribution in [3.05, 3.63) is 65.5 Å². The lowest BCUT2D eigenvalue weighted by Gasteiger charge is -2.07. The number of carbonyl (C=O) groups is 1. The number of hydrogen-bond acceptors (Lipinski definition) is 2. The van der Waals surface area contributed by atoms with E-state index < -0.39 is 5.91 Å². The van der Waals surface area contributed by atoms with Crippen LogP contribution in [0.25, 0.3) is 22.7 Å². The van der Waals surface area contributed by atoms with E-state index in [1.807, 2.05) is 55.6 Å². The Balaban J connectivity index is 2.18. The number of pyridine rings is 1. The Morgan fingerprint density at radius 1 is 1.24 bits per heavy atom. The molecule has 1 aromatic carbocycles. The van der Waals surface area contributed by atoms with E-state index in [0.717, 1.165) is 27.7 Å². The monoisotopic (exact) mass is 277 g/mol. The maximum absolute atomic E-state index is 11.8. The first-order valence-electron chi connectivity index (χ1n) is 6.66. The summed E-state index contributed by atoms with van der Waals surface area (Å²) in [4.78, 5) is 19.2. The average Bonchev–Trinajstić information content (AvgIpc) is 2.89. The van der Waals surface area contributed by atoms with Gasteiger partial charge in [0.2, 0.25) is 5.91 Å². The van der Waals surface area contributed by atoms with Gasteiger partial charge in [-0.15, -0.1) is 0 Å². The molecule has 0 atom stereocenters. The van der Waals surface area contributed by atoms with Gasteiger partial charge in [-0.05, 0) is 36.3 Å². The Bertz CT molecular complexity index is 846. The van der Waals surface area contributed by atoms with Gasteiger partial charge in [0.25, 0.3) is 0 Å². The van der Waals surface area contributed by atoms with Gasteiger partial charge in [-0.3, -0.25) is 4.79 Å². The van der Waals surface area contributed by atoms with Crippen molar-refractivity contribution < 1.29 is 4.79 Å². The fraction of sp³-hybridized carbons (Fsp3) is 0.0588. The third kappa shape index (κ3) is 2.43. The second-order valence-corrected chi connectivity index (χ2v) is 4.88. The minimum absolute atomic E-state index is 0.442. The highest BCUT2D eigenvalue weighted by Crippen LogP contribution is 2.24. The van der Waals surface area contributed by atoms with Crippen LogP contribution in [0.3, 0.4) is 0 Å². The summed E-state index contributed by atoms with van der Waals surface area (Å²) in [5.74, 6) is -0.442. The molecule has 2 heterocycles. The van der Waals surface area contributed by atoms with Crippen LogP contribution in [0.4, 0.5) is 0 Å². The molecule has 0 aliphatic carbocycles. The maximum atomic E-state index is 11.8. The zero-order chi connectivity index (χ0) is 14.8. The molecule has 4 nitrogen and oxygen atoms in total. The Morgan fingerprint density at radius 2 is 2.05 bits per heavy atom. The molecule has 0 aliphatic rings. The summed E-state index contributed by atoms with van der Waals surface area (Å²) in [5, 5.41) is 0.963. The van der Waals surface area contributed by atoms with Crippen molar-refractivity contribution in [2.45, 2.75) is 6.92 Å². The van der Waals surface area contributed by atoms with Gasteiger partial charge >= 0.3 is 0 Å². The maximum Gasteiger partial charge on any atom is 0.249 e. The predicted octanol–water partition coefficient (Wildman–Crippen LogP) is 2.90. The fourth-order valence-electron chi connectivity index (χ4n) is 2.41. The zero-order valence-electron chi connectivity index (χ0n) is 11.6. The van der Waals surface area contributed by atoms with Crippen LogP contribution in [0.2, 0.25) is 0 Å². The number of hydrogen-bond donors (Lipinski definition) is 2. The summed E-state index contributed by atoms with van der Waals surface area (Å²) < 4.78 is 0. The quantitative estimate of drug-likeness (QED) is 0.722. The molecule has 0 bridgehead atoms. The van der Waals surface area contributed by atoms with Crippen LogP contribution >= 0.6 is 0 Å². The van der Waals surface area contributed by atoms with Gasteiger partial charge in [0.15, 0.2) is 0 Å². The molecule has 0 saturated carbocycles. The molecule has 21 heavy (non-hydrogen) atoms. The molecule has 0 radical (unpaired) electrons. The lowest BCUT2D eigenvalue weighted by atomic mass is 9.98. The SMILES string of the molecule is Cc1ccccc1C(=Cc1c[nH]c2ncccc12)C(N)=O. The highest BCUT2D eigenvalue weighted by atomic mass is 16.1. The van der Waals surface area contributed by atoms with Crippen molar-refractivity contribution >= 4 is 28.6 Å². The Hall–Kier alpha value is -2.88. The Labute approximate surface area is 122 Å². The summed E-state index contributed by atoms with van der Waals surface area (Å²) in [6.45, 7) is 1.96. The van der Waals surface area contributed by atoms with Crippen LogP contribution in [0, 0.1) is 6.92 Å². The smallest absolute Gasteiger partial charge is 0.249 e. The average molecular weight is 277 g/mol. The predicted molar refractivity (Wildman–Crippen MR) is 84.3 cm³/mol. The van der Waals surface area contributed by atoms with Gasteiger partial charge in [-0.25, -0.2) is 4.98 Å². The van der Waals surface area contributed by atoms with Crippen molar-refractivity contribution in [2.75, 3.05) is 0 Å². The summed E-state index contributed by atoms with van der Waals surface area (Å²) in [6.07, 6.45) is 5.37. The largest absolute Gasteiger partial charge is 0.366 e. The Kier molecular flexibility index (Phi) is 3.28. The number of amides is 1. The number of benzene rings is 1. The summed E-state index contributed by atoms with van der Waals surface area (Å²) in [7, 11) is 0. The first-order chi connectivity index (χ1) is 10.2.